The van der Waals surface area contributed by atoms with Crippen LogP contribution in [0, 0.1) is 6.92 Å². The number of aryl methyl sites for hydroxylation is 1. The number of likely N-dealkylation sites (N-methyl/N-ethyl adjacent to an activating group) is 1. The Balaban J connectivity index is 1.55. The van der Waals surface area contributed by atoms with Gasteiger partial charge in [-0.25, -0.2) is 0 Å². The average molecular weight is 244 g/mol. The molecule has 0 spiro atoms. The Hall–Kier alpha value is -0.860. The van der Waals surface area contributed by atoms with Crippen LogP contribution in [0.15, 0.2) is 24.3 Å². The van der Waals surface area contributed by atoms with Gasteiger partial charge in [0.2, 0.25) is 0 Å². The smallest absolute Gasteiger partial charge is 0.0350 e. The summed E-state index contributed by atoms with van der Waals surface area (Å²) in [6.45, 7) is 7.29. The Morgan fingerprint density at radius 1 is 1.00 bits per heavy atom. The zero-order chi connectivity index (χ0) is 12.5. The van der Waals surface area contributed by atoms with Crippen LogP contribution in [0.1, 0.15) is 29.9 Å². The Bertz CT molecular complexity index is 384. The van der Waals surface area contributed by atoms with Crippen LogP contribution < -0.4 is 0 Å². The molecule has 0 atom stereocenters. The van der Waals surface area contributed by atoms with Crippen molar-refractivity contribution in [3.05, 3.63) is 35.4 Å². The molecule has 2 heterocycles. The number of piperidine rings is 1. The molecule has 0 saturated carbocycles. The summed E-state index contributed by atoms with van der Waals surface area (Å²) in [5.41, 5.74) is 2.92. The van der Waals surface area contributed by atoms with Crippen molar-refractivity contribution in [3.63, 3.8) is 0 Å². The Kier molecular flexibility index (Phi) is 3.40. The van der Waals surface area contributed by atoms with Crippen LogP contribution in [0.4, 0.5) is 0 Å². The number of rotatable bonds is 2. The van der Waals surface area contributed by atoms with E-state index in [1.165, 1.54) is 44.6 Å². The van der Waals surface area contributed by atoms with E-state index >= 15 is 0 Å². The second-order valence-corrected chi connectivity index (χ2v) is 6.10. The molecule has 2 saturated heterocycles. The number of hydrogen-bond acceptors (Lipinski definition) is 2. The molecule has 0 aromatic heterocycles. The molecule has 0 amide bonds. The van der Waals surface area contributed by atoms with E-state index in [1.807, 2.05) is 0 Å². The van der Waals surface area contributed by atoms with Crippen LogP contribution in [-0.4, -0.2) is 49.1 Å². The first kappa shape index (κ1) is 12.2. The zero-order valence-corrected chi connectivity index (χ0v) is 11.6. The minimum atomic E-state index is 0.791. The standard InChI is InChI=1S/C16H24N2/c1-13-3-5-14(6-4-13)15-7-9-18(10-8-15)16-11-17(2)12-16/h3-6,15-16H,7-12H2,1-2H3. The van der Waals surface area contributed by atoms with Gasteiger partial charge in [0.25, 0.3) is 0 Å². The van der Waals surface area contributed by atoms with Crippen LogP contribution in [0.5, 0.6) is 0 Å². The highest BCUT2D eigenvalue weighted by Crippen LogP contribution is 2.30. The molecule has 2 heteroatoms. The molecule has 1 aromatic rings. The SMILES string of the molecule is Cc1ccc(C2CCN(C3CN(C)C3)CC2)cc1. The molecule has 2 nitrogen and oxygen atoms in total. The molecule has 2 aliphatic heterocycles. The third-order valence-electron chi connectivity index (χ3n) is 4.64. The molecule has 18 heavy (non-hydrogen) atoms. The van der Waals surface area contributed by atoms with E-state index in [4.69, 9.17) is 0 Å². The summed E-state index contributed by atoms with van der Waals surface area (Å²) >= 11 is 0. The molecule has 98 valence electrons. The third kappa shape index (κ3) is 2.45. The van der Waals surface area contributed by atoms with E-state index in [1.54, 1.807) is 5.56 Å². The molecule has 0 radical (unpaired) electrons. The van der Waals surface area contributed by atoms with E-state index in [9.17, 15) is 0 Å². The average Bonchev–Trinajstić information content (AvgIpc) is 2.36. The second-order valence-electron chi connectivity index (χ2n) is 6.10. The normalized spacial score (nSPS) is 24.1. The maximum atomic E-state index is 2.70. The first-order valence-corrected chi connectivity index (χ1v) is 7.21. The lowest BCUT2D eigenvalue weighted by Gasteiger charge is -2.46. The van der Waals surface area contributed by atoms with Crippen molar-refractivity contribution in [2.75, 3.05) is 33.2 Å². The first-order chi connectivity index (χ1) is 8.72. The lowest BCUT2D eigenvalue weighted by atomic mass is 9.88. The highest BCUT2D eigenvalue weighted by atomic mass is 15.3. The predicted octanol–water partition coefficient (Wildman–Crippen LogP) is 2.49. The Morgan fingerprint density at radius 2 is 1.61 bits per heavy atom. The van der Waals surface area contributed by atoms with Crippen LogP contribution in [0.25, 0.3) is 0 Å². The number of nitrogens with zero attached hydrogens (tertiary/aromatic N) is 2. The highest BCUT2D eigenvalue weighted by molar-refractivity contribution is 5.25. The molecule has 2 aliphatic rings. The third-order valence-corrected chi connectivity index (χ3v) is 4.64. The minimum Gasteiger partial charge on any atom is -0.303 e. The summed E-state index contributed by atoms with van der Waals surface area (Å²) in [7, 11) is 2.22. The first-order valence-electron chi connectivity index (χ1n) is 7.21. The molecular formula is C16H24N2. The van der Waals surface area contributed by atoms with Gasteiger partial charge in [0, 0.05) is 19.1 Å². The monoisotopic (exact) mass is 244 g/mol. The van der Waals surface area contributed by atoms with Gasteiger partial charge < -0.3 is 4.90 Å². The number of hydrogen-bond donors (Lipinski definition) is 0. The van der Waals surface area contributed by atoms with Crippen LogP contribution in [0.3, 0.4) is 0 Å². The lowest BCUT2D eigenvalue weighted by Crippen LogP contribution is -2.59. The molecule has 0 unspecified atom stereocenters. The van der Waals surface area contributed by atoms with Crippen molar-refractivity contribution >= 4 is 0 Å². The van der Waals surface area contributed by atoms with Crippen LogP contribution in [0.2, 0.25) is 0 Å². The van der Waals surface area contributed by atoms with Crippen molar-refractivity contribution < 1.29 is 0 Å². The molecular weight excluding hydrogens is 220 g/mol. The van der Waals surface area contributed by atoms with Crippen molar-refractivity contribution in [3.8, 4) is 0 Å². The van der Waals surface area contributed by atoms with Gasteiger partial charge in [-0.1, -0.05) is 29.8 Å². The minimum absolute atomic E-state index is 0.791. The van der Waals surface area contributed by atoms with Gasteiger partial charge in [-0.15, -0.1) is 0 Å². The van der Waals surface area contributed by atoms with Gasteiger partial charge in [-0.2, -0.15) is 0 Å². The van der Waals surface area contributed by atoms with E-state index < -0.39 is 0 Å². The van der Waals surface area contributed by atoms with E-state index in [0.717, 1.165) is 12.0 Å². The fourth-order valence-corrected chi connectivity index (χ4v) is 3.33. The molecule has 3 rings (SSSR count). The highest BCUT2D eigenvalue weighted by Gasteiger charge is 2.31. The van der Waals surface area contributed by atoms with Gasteiger partial charge in [0.05, 0.1) is 0 Å². The molecule has 0 N–H and O–H groups in total. The van der Waals surface area contributed by atoms with Gasteiger partial charge in [-0.3, -0.25) is 4.90 Å². The summed E-state index contributed by atoms with van der Waals surface area (Å²) in [4.78, 5) is 5.11. The van der Waals surface area contributed by atoms with E-state index in [-0.39, 0.29) is 0 Å². The predicted molar refractivity (Wildman–Crippen MR) is 76.0 cm³/mol. The van der Waals surface area contributed by atoms with Gasteiger partial charge in [-0.05, 0) is 51.4 Å². The van der Waals surface area contributed by atoms with E-state index in [2.05, 4.69) is 48.0 Å². The van der Waals surface area contributed by atoms with Gasteiger partial charge in [0.15, 0.2) is 0 Å². The van der Waals surface area contributed by atoms with E-state index in [0.29, 0.717) is 0 Å². The summed E-state index contributed by atoms with van der Waals surface area (Å²) in [5, 5.41) is 0. The number of likely N-dealkylation sites (tertiary alicyclic amines) is 2. The second kappa shape index (κ2) is 5.02. The summed E-state index contributed by atoms with van der Waals surface area (Å²) in [6, 6.07) is 10.00. The quantitative estimate of drug-likeness (QED) is 0.788. The largest absolute Gasteiger partial charge is 0.303 e. The van der Waals surface area contributed by atoms with Gasteiger partial charge in [0.1, 0.15) is 0 Å². The van der Waals surface area contributed by atoms with Crippen molar-refractivity contribution in [2.45, 2.75) is 31.7 Å². The maximum absolute atomic E-state index is 2.70. The Morgan fingerprint density at radius 3 is 2.17 bits per heavy atom. The summed E-state index contributed by atoms with van der Waals surface area (Å²) in [5.74, 6) is 0.791. The summed E-state index contributed by atoms with van der Waals surface area (Å²) < 4.78 is 0. The number of benzene rings is 1. The molecule has 0 bridgehead atoms. The van der Waals surface area contributed by atoms with Crippen molar-refractivity contribution in [1.82, 2.24) is 9.80 Å². The zero-order valence-electron chi connectivity index (χ0n) is 11.6. The maximum Gasteiger partial charge on any atom is 0.0350 e. The Labute approximate surface area is 111 Å². The molecule has 1 aromatic carbocycles. The topological polar surface area (TPSA) is 6.48 Å². The molecule has 0 aliphatic carbocycles. The summed E-state index contributed by atoms with van der Waals surface area (Å²) in [6.07, 6.45) is 2.67. The van der Waals surface area contributed by atoms with Gasteiger partial charge >= 0.3 is 0 Å². The molecule has 2 fully saturated rings. The van der Waals surface area contributed by atoms with Crippen LogP contribution in [-0.2, 0) is 0 Å². The van der Waals surface area contributed by atoms with Crippen molar-refractivity contribution in [2.24, 2.45) is 0 Å². The lowest BCUT2D eigenvalue weighted by molar-refractivity contribution is 0.0363. The van der Waals surface area contributed by atoms with Crippen LogP contribution >= 0.6 is 0 Å². The van der Waals surface area contributed by atoms with Crippen molar-refractivity contribution in [1.29, 1.82) is 0 Å². The fraction of sp³-hybridized carbons (Fsp3) is 0.625. The fourth-order valence-electron chi connectivity index (χ4n) is 3.33.